The summed E-state index contributed by atoms with van der Waals surface area (Å²) in [4.78, 5) is 14.2. The lowest BCUT2D eigenvalue weighted by Gasteiger charge is -2.21. The van der Waals surface area contributed by atoms with Gasteiger partial charge in [-0.25, -0.2) is 0 Å². The quantitative estimate of drug-likeness (QED) is 0.858. The lowest BCUT2D eigenvalue weighted by atomic mass is 10.1. The number of rotatable bonds is 3. The highest BCUT2D eigenvalue weighted by Crippen LogP contribution is 2.15. The fourth-order valence-electron chi connectivity index (χ4n) is 2.53. The Morgan fingerprint density at radius 2 is 2.29 bits per heavy atom. The van der Waals surface area contributed by atoms with E-state index in [1.165, 1.54) is 0 Å². The van der Waals surface area contributed by atoms with Gasteiger partial charge in [0.15, 0.2) is 0 Å². The van der Waals surface area contributed by atoms with Crippen LogP contribution in [0.15, 0.2) is 18.2 Å². The highest BCUT2D eigenvalue weighted by Gasteiger charge is 2.21. The molecule has 1 fully saturated rings. The van der Waals surface area contributed by atoms with E-state index in [-0.39, 0.29) is 12.0 Å². The molecule has 2 rings (SSSR count). The molecule has 4 heteroatoms. The maximum Gasteiger partial charge on any atom is 0.253 e. The van der Waals surface area contributed by atoms with Gasteiger partial charge in [0.2, 0.25) is 0 Å². The molecule has 1 aliphatic rings. The van der Waals surface area contributed by atoms with Crippen molar-refractivity contribution in [3.8, 4) is 11.8 Å². The molecular formula is C17H22N2O2. The highest BCUT2D eigenvalue weighted by atomic mass is 16.5. The molecule has 0 aliphatic carbocycles. The first-order chi connectivity index (χ1) is 10.1. The Bertz CT molecular complexity index is 566. The molecule has 0 spiro atoms. The molecule has 1 heterocycles. The van der Waals surface area contributed by atoms with Crippen molar-refractivity contribution in [1.29, 1.82) is 0 Å². The van der Waals surface area contributed by atoms with Crippen molar-refractivity contribution < 1.29 is 9.53 Å². The van der Waals surface area contributed by atoms with Crippen molar-refractivity contribution >= 4 is 5.91 Å². The summed E-state index contributed by atoms with van der Waals surface area (Å²) in [5.74, 6) is 5.81. The minimum Gasteiger partial charge on any atom is -0.376 e. The molecule has 4 nitrogen and oxygen atoms in total. The van der Waals surface area contributed by atoms with Gasteiger partial charge in [-0.2, -0.15) is 0 Å². The van der Waals surface area contributed by atoms with Crippen molar-refractivity contribution in [2.45, 2.75) is 25.9 Å². The summed E-state index contributed by atoms with van der Waals surface area (Å²) in [6.07, 6.45) is 2.27. The van der Waals surface area contributed by atoms with Gasteiger partial charge in [0.05, 0.1) is 12.6 Å². The average molecular weight is 286 g/mol. The van der Waals surface area contributed by atoms with Crippen LogP contribution in [0.3, 0.4) is 0 Å². The summed E-state index contributed by atoms with van der Waals surface area (Å²) >= 11 is 0. The first kappa shape index (κ1) is 15.6. The van der Waals surface area contributed by atoms with E-state index in [4.69, 9.17) is 10.5 Å². The van der Waals surface area contributed by atoms with E-state index < -0.39 is 0 Å². The Labute approximate surface area is 126 Å². The number of hydrogen-bond donors (Lipinski definition) is 1. The minimum atomic E-state index is 0.00463. The van der Waals surface area contributed by atoms with E-state index in [0.717, 1.165) is 30.6 Å². The Kier molecular flexibility index (Phi) is 5.38. The number of aryl methyl sites for hydroxylation is 1. The molecule has 2 N–H and O–H groups in total. The van der Waals surface area contributed by atoms with Crippen LogP contribution >= 0.6 is 0 Å². The lowest BCUT2D eigenvalue weighted by molar-refractivity contribution is 0.0587. The topological polar surface area (TPSA) is 55.6 Å². The number of nitrogens with zero attached hydrogens (tertiary/aromatic N) is 1. The van der Waals surface area contributed by atoms with Crippen LogP contribution in [0.1, 0.15) is 34.3 Å². The molecule has 112 valence electrons. The van der Waals surface area contributed by atoms with Gasteiger partial charge in [-0.3, -0.25) is 4.79 Å². The molecule has 1 atom stereocenters. The molecule has 0 radical (unpaired) electrons. The van der Waals surface area contributed by atoms with Crippen LogP contribution in [0.5, 0.6) is 0 Å². The van der Waals surface area contributed by atoms with E-state index >= 15 is 0 Å². The maximum atomic E-state index is 12.5. The van der Waals surface area contributed by atoms with Crippen LogP contribution < -0.4 is 5.73 Å². The first-order valence-corrected chi connectivity index (χ1v) is 7.28. The number of likely N-dealkylation sites (N-methyl/N-ethyl adjacent to an activating group) is 1. The average Bonchev–Trinajstić information content (AvgIpc) is 2.96. The third kappa shape index (κ3) is 4.32. The SMILES string of the molecule is Cc1cc(C#CCN)cc(C(=O)N(C)CC2CCCO2)c1. The van der Waals surface area contributed by atoms with E-state index in [2.05, 4.69) is 11.8 Å². The second kappa shape index (κ2) is 7.26. The molecule has 1 amide bonds. The van der Waals surface area contributed by atoms with Crippen molar-refractivity contribution in [3.63, 3.8) is 0 Å². The van der Waals surface area contributed by atoms with E-state index in [1.54, 1.807) is 4.90 Å². The van der Waals surface area contributed by atoms with E-state index in [0.29, 0.717) is 18.7 Å². The van der Waals surface area contributed by atoms with E-state index in [1.807, 2.05) is 32.2 Å². The minimum absolute atomic E-state index is 0.00463. The van der Waals surface area contributed by atoms with Gasteiger partial charge >= 0.3 is 0 Å². The Morgan fingerprint density at radius 1 is 1.48 bits per heavy atom. The first-order valence-electron chi connectivity index (χ1n) is 7.28. The molecule has 1 saturated heterocycles. The molecule has 0 aromatic heterocycles. The number of ether oxygens (including phenoxy) is 1. The molecule has 1 aromatic rings. The van der Waals surface area contributed by atoms with Crippen molar-refractivity contribution in [1.82, 2.24) is 4.90 Å². The molecule has 1 aliphatic heterocycles. The van der Waals surface area contributed by atoms with Crippen LogP contribution in [-0.4, -0.2) is 43.7 Å². The molecule has 1 aromatic carbocycles. The lowest BCUT2D eigenvalue weighted by Crippen LogP contribution is -2.34. The van der Waals surface area contributed by atoms with Gasteiger partial charge in [-0.05, 0) is 43.5 Å². The molecule has 1 unspecified atom stereocenters. The van der Waals surface area contributed by atoms with Crippen LogP contribution in [0.2, 0.25) is 0 Å². The van der Waals surface area contributed by atoms with Gasteiger partial charge in [0.25, 0.3) is 5.91 Å². The van der Waals surface area contributed by atoms with Crippen LogP contribution in [0, 0.1) is 18.8 Å². The van der Waals surface area contributed by atoms with Crippen LogP contribution in [0.4, 0.5) is 0 Å². The monoisotopic (exact) mass is 286 g/mol. The second-order valence-corrected chi connectivity index (χ2v) is 5.41. The smallest absolute Gasteiger partial charge is 0.253 e. The normalized spacial score (nSPS) is 17.2. The zero-order valence-corrected chi connectivity index (χ0v) is 12.7. The Hall–Kier alpha value is -1.83. The predicted octanol–water partition coefficient (Wildman–Crippen LogP) is 1.56. The number of amides is 1. The third-order valence-corrected chi connectivity index (χ3v) is 3.51. The number of benzene rings is 1. The molecule has 0 saturated carbocycles. The summed E-state index contributed by atoms with van der Waals surface area (Å²) < 4.78 is 5.58. The van der Waals surface area contributed by atoms with Crippen molar-refractivity contribution in [2.75, 3.05) is 26.7 Å². The van der Waals surface area contributed by atoms with Crippen molar-refractivity contribution in [2.24, 2.45) is 5.73 Å². The van der Waals surface area contributed by atoms with Crippen molar-refractivity contribution in [3.05, 3.63) is 34.9 Å². The summed E-state index contributed by atoms with van der Waals surface area (Å²) in [6.45, 7) is 3.72. The number of nitrogens with two attached hydrogens (primary N) is 1. The largest absolute Gasteiger partial charge is 0.376 e. The molecule has 21 heavy (non-hydrogen) atoms. The van der Waals surface area contributed by atoms with Crippen LogP contribution in [-0.2, 0) is 4.74 Å². The maximum absolute atomic E-state index is 12.5. The third-order valence-electron chi connectivity index (χ3n) is 3.51. The Morgan fingerprint density at radius 3 is 2.95 bits per heavy atom. The van der Waals surface area contributed by atoms with Gasteiger partial charge in [-0.1, -0.05) is 11.8 Å². The van der Waals surface area contributed by atoms with E-state index in [9.17, 15) is 4.79 Å². The molecule has 0 bridgehead atoms. The van der Waals surface area contributed by atoms with Gasteiger partial charge < -0.3 is 15.4 Å². The van der Waals surface area contributed by atoms with Gasteiger partial charge in [0.1, 0.15) is 0 Å². The molecular weight excluding hydrogens is 264 g/mol. The summed E-state index contributed by atoms with van der Waals surface area (Å²) in [7, 11) is 1.82. The fourth-order valence-corrected chi connectivity index (χ4v) is 2.53. The standard InChI is InChI=1S/C17H22N2O2/c1-13-9-14(5-3-7-18)11-15(10-13)17(20)19(2)12-16-6-4-8-21-16/h9-11,16H,4,6-8,12,18H2,1-2H3. The highest BCUT2D eigenvalue weighted by molar-refractivity contribution is 5.94. The summed E-state index contributed by atoms with van der Waals surface area (Å²) in [6, 6.07) is 5.67. The Balaban J connectivity index is 2.11. The second-order valence-electron chi connectivity index (χ2n) is 5.41. The number of carbonyl (C=O) groups is 1. The van der Waals surface area contributed by atoms with Crippen LogP contribution in [0.25, 0.3) is 0 Å². The number of hydrogen-bond acceptors (Lipinski definition) is 3. The zero-order chi connectivity index (χ0) is 15.2. The fraction of sp³-hybridized carbons (Fsp3) is 0.471. The summed E-state index contributed by atoms with van der Waals surface area (Å²) in [5, 5.41) is 0. The van der Waals surface area contributed by atoms with Gasteiger partial charge in [-0.15, -0.1) is 0 Å². The summed E-state index contributed by atoms with van der Waals surface area (Å²) in [5.41, 5.74) is 7.90. The zero-order valence-electron chi connectivity index (χ0n) is 12.7. The number of carbonyl (C=O) groups excluding carboxylic acids is 1. The predicted molar refractivity (Wildman–Crippen MR) is 83.0 cm³/mol. The van der Waals surface area contributed by atoms with Gasteiger partial charge in [0, 0.05) is 31.3 Å².